The summed E-state index contributed by atoms with van der Waals surface area (Å²) < 4.78 is 40.3. The zero-order valence-electron chi connectivity index (χ0n) is 18.6. The van der Waals surface area contributed by atoms with Gasteiger partial charge in [-0.15, -0.1) is 0 Å². The molecule has 9 nitrogen and oxygen atoms in total. The monoisotopic (exact) mass is 461 g/mol. The number of methoxy groups -OCH3 is 1. The number of nitrogens with one attached hydrogen (secondary N) is 2. The van der Waals surface area contributed by atoms with Crippen LogP contribution < -0.4 is 20.5 Å². The van der Waals surface area contributed by atoms with E-state index >= 15 is 0 Å². The van der Waals surface area contributed by atoms with Crippen LogP contribution in [0.5, 0.6) is 5.75 Å². The lowest BCUT2D eigenvalue weighted by Crippen LogP contribution is -2.44. The number of aryl methyl sites for hydroxylation is 2. The van der Waals surface area contributed by atoms with Crippen molar-refractivity contribution in [2.45, 2.75) is 38.1 Å². The number of rotatable bonds is 8. The van der Waals surface area contributed by atoms with Gasteiger partial charge in [0.25, 0.3) is 0 Å². The maximum atomic E-state index is 13.1. The van der Waals surface area contributed by atoms with E-state index in [-0.39, 0.29) is 22.8 Å². The fourth-order valence-corrected chi connectivity index (χ4v) is 4.58. The first-order valence-corrected chi connectivity index (χ1v) is 11.6. The summed E-state index contributed by atoms with van der Waals surface area (Å²) in [5.74, 6) is -0.577. The van der Waals surface area contributed by atoms with Gasteiger partial charge in [-0.2, -0.15) is 4.72 Å². The van der Waals surface area contributed by atoms with Crippen molar-refractivity contribution in [2.75, 3.05) is 12.4 Å². The maximum Gasteiger partial charge on any atom is 0.419 e. The van der Waals surface area contributed by atoms with E-state index in [2.05, 4.69) is 10.0 Å². The highest BCUT2D eigenvalue weighted by Gasteiger charge is 2.28. The van der Waals surface area contributed by atoms with E-state index in [0.717, 1.165) is 5.56 Å². The van der Waals surface area contributed by atoms with Gasteiger partial charge in [0, 0.05) is 13.1 Å². The fourth-order valence-electron chi connectivity index (χ4n) is 3.36. The molecule has 1 aromatic heterocycles. The minimum atomic E-state index is -4.07. The second kappa shape index (κ2) is 9.17. The highest BCUT2D eigenvalue weighted by atomic mass is 32.2. The zero-order chi connectivity index (χ0) is 23.6. The summed E-state index contributed by atoms with van der Waals surface area (Å²) in [6, 6.07) is 8.44. The number of carbonyl (C=O) groups excluding carboxylic acids is 1. The Morgan fingerprint density at radius 3 is 2.56 bits per heavy atom. The number of nitrogens with zero attached hydrogens (tertiary/aromatic N) is 1. The molecule has 0 radical (unpaired) electrons. The third kappa shape index (κ3) is 5.03. The summed E-state index contributed by atoms with van der Waals surface area (Å²) in [7, 11) is -1.05. The highest BCUT2D eigenvalue weighted by molar-refractivity contribution is 7.89. The van der Waals surface area contributed by atoms with Crippen molar-refractivity contribution in [3.8, 4) is 5.75 Å². The average Bonchev–Trinajstić information content (AvgIpc) is 3.00. The first kappa shape index (κ1) is 23.6. The van der Waals surface area contributed by atoms with E-state index in [1.165, 1.54) is 36.9 Å². The molecular weight excluding hydrogens is 434 g/mol. The van der Waals surface area contributed by atoms with Crippen LogP contribution >= 0.6 is 0 Å². The van der Waals surface area contributed by atoms with Gasteiger partial charge >= 0.3 is 5.76 Å². The number of aromatic nitrogens is 1. The number of ether oxygens (including phenoxy) is 1. The van der Waals surface area contributed by atoms with Crippen LogP contribution in [-0.2, 0) is 21.9 Å². The van der Waals surface area contributed by atoms with Gasteiger partial charge in [0.15, 0.2) is 5.58 Å². The van der Waals surface area contributed by atoms with Crippen LogP contribution in [0.3, 0.4) is 0 Å². The second-order valence-electron chi connectivity index (χ2n) is 8.05. The van der Waals surface area contributed by atoms with Gasteiger partial charge in [-0.25, -0.2) is 13.2 Å². The number of anilines is 1. The van der Waals surface area contributed by atoms with Gasteiger partial charge in [-0.3, -0.25) is 9.36 Å². The van der Waals surface area contributed by atoms with Crippen LogP contribution in [0, 0.1) is 12.8 Å². The Hall–Kier alpha value is -3.11. The van der Waals surface area contributed by atoms with Crippen molar-refractivity contribution < 1.29 is 22.4 Å². The smallest absolute Gasteiger partial charge is 0.419 e. The summed E-state index contributed by atoms with van der Waals surface area (Å²) in [4.78, 5) is 24.6. The molecule has 0 aliphatic rings. The minimum absolute atomic E-state index is 0.0440. The van der Waals surface area contributed by atoms with Crippen molar-refractivity contribution in [3.05, 3.63) is 52.5 Å². The van der Waals surface area contributed by atoms with Crippen LogP contribution in [0.15, 0.2) is 50.5 Å². The molecule has 1 atom stereocenters. The Bertz CT molecular complexity index is 1310. The summed E-state index contributed by atoms with van der Waals surface area (Å²) >= 11 is 0. The first-order chi connectivity index (χ1) is 15.0. The maximum absolute atomic E-state index is 13.1. The van der Waals surface area contributed by atoms with Crippen molar-refractivity contribution in [3.63, 3.8) is 0 Å². The number of benzene rings is 2. The van der Waals surface area contributed by atoms with Gasteiger partial charge in [-0.05, 0) is 49.1 Å². The van der Waals surface area contributed by atoms with Gasteiger partial charge in [-0.1, -0.05) is 19.9 Å². The molecule has 2 N–H and O–H groups in total. The van der Waals surface area contributed by atoms with Crippen molar-refractivity contribution in [1.82, 2.24) is 9.29 Å². The van der Waals surface area contributed by atoms with Gasteiger partial charge in [0.1, 0.15) is 11.8 Å². The minimum Gasteiger partial charge on any atom is -0.495 e. The molecule has 0 aliphatic heterocycles. The van der Waals surface area contributed by atoms with Gasteiger partial charge < -0.3 is 14.5 Å². The van der Waals surface area contributed by atoms with Crippen molar-refractivity contribution in [2.24, 2.45) is 13.0 Å². The molecule has 0 aliphatic carbocycles. The summed E-state index contributed by atoms with van der Waals surface area (Å²) in [6.45, 7) is 5.67. The van der Waals surface area contributed by atoms with E-state index in [4.69, 9.17) is 9.15 Å². The Balaban J connectivity index is 1.90. The standard InChI is InChI=1S/C22H27N3O6S/c1-13(2)10-17(21(26)23-16-11-14(3)6-9-19(16)30-5)24-32(28,29)15-7-8-18-20(12-15)31-22(27)25(18)4/h6-9,11-13,17,24H,10H2,1-5H3,(H,23,26). The van der Waals surface area contributed by atoms with E-state index in [1.807, 2.05) is 26.8 Å². The third-order valence-electron chi connectivity index (χ3n) is 5.01. The SMILES string of the molecule is COc1ccc(C)cc1NC(=O)C(CC(C)C)NS(=O)(=O)c1ccc2c(c1)oc(=O)n2C. The number of amides is 1. The van der Waals surface area contributed by atoms with Gasteiger partial charge in [0.2, 0.25) is 15.9 Å². The molecule has 0 saturated heterocycles. The number of sulfonamides is 1. The third-order valence-corrected chi connectivity index (χ3v) is 6.48. The molecule has 1 heterocycles. The van der Waals surface area contributed by atoms with Crippen LogP contribution in [0.4, 0.5) is 5.69 Å². The molecule has 0 fully saturated rings. The number of carbonyl (C=O) groups is 1. The predicted molar refractivity (Wildman–Crippen MR) is 121 cm³/mol. The molecule has 10 heteroatoms. The number of hydrogen-bond acceptors (Lipinski definition) is 6. The molecule has 0 spiro atoms. The Kier molecular flexibility index (Phi) is 6.75. The van der Waals surface area contributed by atoms with E-state index < -0.39 is 27.7 Å². The molecule has 32 heavy (non-hydrogen) atoms. The highest BCUT2D eigenvalue weighted by Crippen LogP contribution is 2.26. The molecule has 2 aromatic carbocycles. The largest absolute Gasteiger partial charge is 0.495 e. The number of hydrogen-bond donors (Lipinski definition) is 2. The molecule has 3 aromatic rings. The average molecular weight is 462 g/mol. The number of fused-ring (bicyclic) bond motifs is 1. The first-order valence-electron chi connectivity index (χ1n) is 10.1. The summed E-state index contributed by atoms with van der Waals surface area (Å²) in [5, 5.41) is 2.77. The summed E-state index contributed by atoms with van der Waals surface area (Å²) in [6.07, 6.45) is 0.280. The quantitative estimate of drug-likeness (QED) is 0.532. The van der Waals surface area contributed by atoms with Crippen LogP contribution in [0.2, 0.25) is 0 Å². The zero-order valence-corrected chi connectivity index (χ0v) is 19.4. The Labute approximate surface area is 186 Å². The predicted octanol–water partition coefficient (Wildman–Crippen LogP) is 2.78. The molecule has 3 rings (SSSR count). The fraction of sp³-hybridized carbons (Fsp3) is 0.364. The summed E-state index contributed by atoms with van der Waals surface area (Å²) in [5.41, 5.74) is 1.99. The Morgan fingerprint density at radius 1 is 1.19 bits per heavy atom. The lowest BCUT2D eigenvalue weighted by atomic mass is 10.0. The van der Waals surface area contributed by atoms with Gasteiger partial charge in [0.05, 0.1) is 23.2 Å². The van der Waals surface area contributed by atoms with Crippen LogP contribution in [0.1, 0.15) is 25.8 Å². The molecule has 172 valence electrons. The molecule has 1 amide bonds. The Morgan fingerprint density at radius 2 is 1.91 bits per heavy atom. The molecular formula is C22H27N3O6S. The normalized spacial score (nSPS) is 12.8. The van der Waals surface area contributed by atoms with Crippen LogP contribution in [0.25, 0.3) is 11.1 Å². The lowest BCUT2D eigenvalue weighted by Gasteiger charge is -2.21. The van der Waals surface area contributed by atoms with Crippen molar-refractivity contribution in [1.29, 1.82) is 0 Å². The van der Waals surface area contributed by atoms with E-state index in [0.29, 0.717) is 17.0 Å². The molecule has 0 saturated carbocycles. The number of oxazole rings is 1. The molecule has 1 unspecified atom stereocenters. The lowest BCUT2D eigenvalue weighted by molar-refractivity contribution is -0.118. The van der Waals surface area contributed by atoms with Crippen molar-refractivity contribution >= 4 is 32.7 Å². The topological polar surface area (TPSA) is 120 Å². The van der Waals surface area contributed by atoms with E-state index in [9.17, 15) is 18.0 Å². The molecule has 0 bridgehead atoms. The van der Waals surface area contributed by atoms with E-state index in [1.54, 1.807) is 12.1 Å². The second-order valence-corrected chi connectivity index (χ2v) is 9.77. The van der Waals surface area contributed by atoms with Crippen LogP contribution in [-0.4, -0.2) is 32.0 Å².